The topological polar surface area (TPSA) is 53.1 Å². The first-order valence-electron chi connectivity index (χ1n) is 4.64. The molecule has 78 valence electrons. The molecule has 1 aromatic heterocycles. The van der Waals surface area contributed by atoms with Gasteiger partial charge in [0.1, 0.15) is 5.75 Å². The Balaban J connectivity index is 2.57. The van der Waals surface area contributed by atoms with Crippen LogP contribution in [0.25, 0.3) is 11.1 Å². The normalized spacial score (nSPS) is 10.3. The fraction of sp³-hybridized carbons (Fsp3) is 0.182. The van der Waals surface area contributed by atoms with Gasteiger partial charge in [-0.2, -0.15) is 5.10 Å². The summed E-state index contributed by atoms with van der Waals surface area (Å²) < 4.78 is 7.03. The van der Waals surface area contributed by atoms with Crippen molar-refractivity contribution >= 4 is 5.69 Å². The second-order valence-electron chi connectivity index (χ2n) is 3.33. The Labute approximate surface area is 88.3 Å². The van der Waals surface area contributed by atoms with Crippen LogP contribution in [0.15, 0.2) is 30.6 Å². The maximum atomic E-state index is 5.82. The Morgan fingerprint density at radius 1 is 1.40 bits per heavy atom. The van der Waals surface area contributed by atoms with E-state index in [1.165, 1.54) is 0 Å². The molecule has 15 heavy (non-hydrogen) atoms. The average molecular weight is 203 g/mol. The number of benzene rings is 1. The molecule has 0 spiro atoms. The van der Waals surface area contributed by atoms with Crippen molar-refractivity contribution in [1.82, 2.24) is 9.78 Å². The smallest absolute Gasteiger partial charge is 0.149 e. The number of ether oxygens (including phenoxy) is 1. The van der Waals surface area contributed by atoms with Gasteiger partial charge < -0.3 is 10.5 Å². The third kappa shape index (κ3) is 1.66. The van der Waals surface area contributed by atoms with E-state index < -0.39 is 0 Å². The van der Waals surface area contributed by atoms with E-state index in [1.807, 2.05) is 31.4 Å². The van der Waals surface area contributed by atoms with Crippen molar-refractivity contribution in [1.29, 1.82) is 0 Å². The van der Waals surface area contributed by atoms with E-state index in [2.05, 4.69) is 5.10 Å². The molecule has 2 aromatic rings. The molecule has 1 heterocycles. The van der Waals surface area contributed by atoms with Crippen molar-refractivity contribution in [3.8, 4) is 16.9 Å². The zero-order valence-corrected chi connectivity index (χ0v) is 8.77. The lowest BCUT2D eigenvalue weighted by molar-refractivity contribution is 0.418. The van der Waals surface area contributed by atoms with E-state index in [1.54, 1.807) is 18.0 Å². The number of hydrogen-bond donors (Lipinski definition) is 1. The monoisotopic (exact) mass is 203 g/mol. The van der Waals surface area contributed by atoms with Crippen molar-refractivity contribution in [3.63, 3.8) is 0 Å². The molecule has 4 nitrogen and oxygen atoms in total. The number of hydrogen-bond acceptors (Lipinski definition) is 3. The van der Waals surface area contributed by atoms with Crippen LogP contribution in [0.2, 0.25) is 0 Å². The minimum absolute atomic E-state index is 0.638. The lowest BCUT2D eigenvalue weighted by Crippen LogP contribution is -1.94. The molecule has 0 radical (unpaired) electrons. The van der Waals surface area contributed by atoms with Crippen molar-refractivity contribution < 1.29 is 4.74 Å². The number of nitrogen functional groups attached to an aromatic ring is 1. The summed E-state index contributed by atoms with van der Waals surface area (Å²) in [5.74, 6) is 0.700. The number of nitrogens with two attached hydrogens (primary N) is 1. The molecule has 0 saturated carbocycles. The second-order valence-corrected chi connectivity index (χ2v) is 3.33. The van der Waals surface area contributed by atoms with Crippen LogP contribution in [0.5, 0.6) is 5.75 Å². The molecule has 0 unspecified atom stereocenters. The quantitative estimate of drug-likeness (QED) is 0.755. The largest absolute Gasteiger partial charge is 0.494 e. The van der Waals surface area contributed by atoms with Gasteiger partial charge in [-0.15, -0.1) is 0 Å². The summed E-state index contributed by atoms with van der Waals surface area (Å²) in [6.45, 7) is 0. The van der Waals surface area contributed by atoms with Gasteiger partial charge in [0, 0.05) is 24.4 Å². The van der Waals surface area contributed by atoms with E-state index in [9.17, 15) is 0 Å². The molecule has 0 atom stereocenters. The van der Waals surface area contributed by atoms with Gasteiger partial charge >= 0.3 is 0 Å². The molecule has 0 aliphatic heterocycles. The summed E-state index contributed by atoms with van der Waals surface area (Å²) >= 11 is 0. The Morgan fingerprint density at radius 2 is 2.20 bits per heavy atom. The van der Waals surface area contributed by atoms with Crippen LogP contribution in [0.3, 0.4) is 0 Å². The van der Waals surface area contributed by atoms with Gasteiger partial charge in [0.15, 0.2) is 0 Å². The predicted molar refractivity (Wildman–Crippen MR) is 59.6 cm³/mol. The van der Waals surface area contributed by atoms with Gasteiger partial charge in [-0.25, -0.2) is 0 Å². The molecule has 0 saturated heterocycles. The lowest BCUT2D eigenvalue weighted by Gasteiger charge is -2.08. The third-order valence-corrected chi connectivity index (χ3v) is 2.27. The minimum Gasteiger partial charge on any atom is -0.494 e. The van der Waals surface area contributed by atoms with Crippen molar-refractivity contribution in [2.24, 2.45) is 7.05 Å². The van der Waals surface area contributed by atoms with Gasteiger partial charge in [0.2, 0.25) is 0 Å². The number of aryl methyl sites for hydroxylation is 1. The average Bonchev–Trinajstić information content (AvgIpc) is 2.64. The molecule has 1 aromatic carbocycles. The van der Waals surface area contributed by atoms with Crippen LogP contribution in [0.4, 0.5) is 5.69 Å². The van der Waals surface area contributed by atoms with Gasteiger partial charge in [-0.1, -0.05) is 12.1 Å². The number of methoxy groups -OCH3 is 1. The molecule has 0 aliphatic rings. The van der Waals surface area contributed by atoms with Crippen LogP contribution in [-0.2, 0) is 7.05 Å². The maximum Gasteiger partial charge on any atom is 0.149 e. The molecule has 0 bridgehead atoms. The molecule has 0 amide bonds. The number of para-hydroxylation sites is 1. The highest BCUT2D eigenvalue weighted by molar-refractivity contribution is 5.76. The van der Waals surface area contributed by atoms with Crippen LogP contribution < -0.4 is 10.5 Å². The van der Waals surface area contributed by atoms with Gasteiger partial charge in [-0.05, 0) is 6.07 Å². The molecule has 4 heteroatoms. The Hall–Kier alpha value is -1.97. The van der Waals surface area contributed by atoms with E-state index >= 15 is 0 Å². The van der Waals surface area contributed by atoms with E-state index in [4.69, 9.17) is 10.5 Å². The fourth-order valence-corrected chi connectivity index (χ4v) is 1.57. The molecule has 2 N–H and O–H groups in total. The standard InChI is InChI=1S/C11H13N3O/c1-14-7-8(6-13-14)9-4-3-5-10(12)11(9)15-2/h3-7H,12H2,1-2H3. The number of nitrogens with zero attached hydrogens (tertiary/aromatic N) is 2. The number of rotatable bonds is 2. The molecule has 2 rings (SSSR count). The van der Waals surface area contributed by atoms with Crippen LogP contribution in [0.1, 0.15) is 0 Å². The summed E-state index contributed by atoms with van der Waals surface area (Å²) in [5, 5.41) is 4.12. The van der Waals surface area contributed by atoms with E-state index in [0.29, 0.717) is 11.4 Å². The fourth-order valence-electron chi connectivity index (χ4n) is 1.57. The number of aromatic nitrogens is 2. The predicted octanol–water partition coefficient (Wildman–Crippen LogP) is 1.68. The van der Waals surface area contributed by atoms with Crippen molar-refractivity contribution in [2.45, 2.75) is 0 Å². The lowest BCUT2D eigenvalue weighted by atomic mass is 10.1. The van der Waals surface area contributed by atoms with Crippen LogP contribution in [0, 0.1) is 0 Å². The molecular formula is C11H13N3O. The van der Waals surface area contributed by atoms with E-state index in [0.717, 1.165) is 11.1 Å². The molecule has 0 fully saturated rings. The molecule has 0 aliphatic carbocycles. The minimum atomic E-state index is 0.638. The van der Waals surface area contributed by atoms with Crippen LogP contribution in [-0.4, -0.2) is 16.9 Å². The Kier molecular flexibility index (Phi) is 2.33. The first-order chi connectivity index (χ1) is 7.22. The van der Waals surface area contributed by atoms with E-state index in [-0.39, 0.29) is 0 Å². The highest BCUT2D eigenvalue weighted by Gasteiger charge is 2.09. The van der Waals surface area contributed by atoms with Crippen LogP contribution >= 0.6 is 0 Å². The highest BCUT2D eigenvalue weighted by atomic mass is 16.5. The Morgan fingerprint density at radius 3 is 2.80 bits per heavy atom. The maximum absolute atomic E-state index is 5.82. The summed E-state index contributed by atoms with van der Waals surface area (Å²) in [5.41, 5.74) is 8.43. The second kappa shape index (κ2) is 3.65. The van der Waals surface area contributed by atoms with Gasteiger partial charge in [-0.3, -0.25) is 4.68 Å². The summed E-state index contributed by atoms with van der Waals surface area (Å²) in [6, 6.07) is 5.69. The molecular weight excluding hydrogens is 190 g/mol. The van der Waals surface area contributed by atoms with Crippen molar-refractivity contribution in [2.75, 3.05) is 12.8 Å². The summed E-state index contributed by atoms with van der Waals surface area (Å²) in [7, 11) is 3.49. The first-order valence-corrected chi connectivity index (χ1v) is 4.64. The zero-order valence-electron chi connectivity index (χ0n) is 8.77. The van der Waals surface area contributed by atoms with Gasteiger partial charge in [0.05, 0.1) is 19.0 Å². The third-order valence-electron chi connectivity index (χ3n) is 2.27. The Bertz CT molecular complexity index is 476. The highest BCUT2D eigenvalue weighted by Crippen LogP contribution is 2.34. The number of anilines is 1. The SMILES string of the molecule is COc1c(N)cccc1-c1cnn(C)c1. The van der Waals surface area contributed by atoms with Crippen molar-refractivity contribution in [3.05, 3.63) is 30.6 Å². The summed E-state index contributed by atoms with van der Waals surface area (Å²) in [6.07, 6.45) is 3.72. The van der Waals surface area contributed by atoms with Gasteiger partial charge in [0.25, 0.3) is 0 Å². The summed E-state index contributed by atoms with van der Waals surface area (Å²) in [4.78, 5) is 0. The first kappa shape index (κ1) is 9.58. The zero-order chi connectivity index (χ0) is 10.8.